The summed E-state index contributed by atoms with van der Waals surface area (Å²) in [7, 11) is 3.15. The van der Waals surface area contributed by atoms with Gasteiger partial charge in [0.25, 0.3) is 0 Å². The summed E-state index contributed by atoms with van der Waals surface area (Å²) in [6, 6.07) is 20.2. The Bertz CT molecular complexity index is 579. The molecule has 0 radical (unpaired) electrons. The number of hydrogen-bond donors (Lipinski definition) is 0. The zero-order valence-corrected chi connectivity index (χ0v) is 13.6. The normalized spacial score (nSPS) is 12.1. The van der Waals surface area contributed by atoms with Crippen molar-refractivity contribution in [1.29, 1.82) is 0 Å². The second kappa shape index (κ2) is 9.41. The monoisotopic (exact) mass is 310 g/mol. The maximum absolute atomic E-state index is 4.98. The van der Waals surface area contributed by atoms with Crippen LogP contribution in [0.4, 0.5) is 0 Å². The van der Waals surface area contributed by atoms with Crippen LogP contribution in [0.15, 0.2) is 71.0 Å². The number of oxime groups is 2. The third-order valence-electron chi connectivity index (χ3n) is 3.44. The van der Waals surface area contributed by atoms with Crippen molar-refractivity contribution in [3.8, 4) is 0 Å². The first-order chi connectivity index (χ1) is 11.3. The van der Waals surface area contributed by atoms with Gasteiger partial charge in [-0.2, -0.15) is 0 Å². The molecule has 4 nitrogen and oxygen atoms in total. The molecule has 0 N–H and O–H groups in total. The number of benzene rings is 2. The van der Waals surface area contributed by atoms with E-state index >= 15 is 0 Å². The minimum Gasteiger partial charge on any atom is -0.399 e. The van der Waals surface area contributed by atoms with E-state index in [0.29, 0.717) is 0 Å². The average Bonchev–Trinajstić information content (AvgIpc) is 2.61. The number of hydrogen-bond acceptors (Lipinski definition) is 4. The van der Waals surface area contributed by atoms with Crippen molar-refractivity contribution in [2.24, 2.45) is 10.3 Å². The van der Waals surface area contributed by atoms with Crippen LogP contribution in [0.3, 0.4) is 0 Å². The number of rotatable bonds is 8. The molecule has 0 aliphatic heterocycles. The van der Waals surface area contributed by atoms with Crippen molar-refractivity contribution in [2.75, 3.05) is 14.2 Å². The van der Waals surface area contributed by atoms with Crippen LogP contribution in [0.25, 0.3) is 0 Å². The van der Waals surface area contributed by atoms with Gasteiger partial charge in [-0.3, -0.25) is 0 Å². The molecule has 0 aromatic heterocycles. The summed E-state index contributed by atoms with van der Waals surface area (Å²) in [4.78, 5) is 9.96. The smallest absolute Gasteiger partial charge is 0.106 e. The van der Waals surface area contributed by atoms with Crippen LogP contribution in [0.2, 0.25) is 0 Å². The maximum Gasteiger partial charge on any atom is 0.106 e. The lowest BCUT2D eigenvalue weighted by molar-refractivity contribution is 0.212. The van der Waals surface area contributed by atoms with Crippen LogP contribution in [-0.2, 0) is 9.68 Å². The first-order valence-corrected chi connectivity index (χ1v) is 7.66. The fourth-order valence-corrected chi connectivity index (χ4v) is 2.39. The molecule has 0 fully saturated rings. The van der Waals surface area contributed by atoms with Gasteiger partial charge in [0.1, 0.15) is 14.2 Å². The Morgan fingerprint density at radius 2 is 1.09 bits per heavy atom. The Kier molecular flexibility index (Phi) is 6.85. The molecule has 2 aromatic carbocycles. The van der Waals surface area contributed by atoms with E-state index in [1.807, 2.05) is 60.7 Å². The molecule has 2 rings (SSSR count). The van der Waals surface area contributed by atoms with E-state index in [0.717, 1.165) is 41.8 Å². The lowest BCUT2D eigenvalue weighted by atomic mass is 10.0. The van der Waals surface area contributed by atoms with Gasteiger partial charge in [0, 0.05) is 0 Å². The van der Waals surface area contributed by atoms with Crippen LogP contribution in [0.1, 0.15) is 30.4 Å². The third-order valence-corrected chi connectivity index (χ3v) is 3.44. The number of nitrogens with zero attached hydrogens (tertiary/aromatic N) is 2. The van der Waals surface area contributed by atoms with Gasteiger partial charge in [0.15, 0.2) is 0 Å². The molecular weight excluding hydrogens is 288 g/mol. The van der Waals surface area contributed by atoms with Gasteiger partial charge in [-0.05, 0) is 30.4 Å². The molecule has 0 saturated carbocycles. The zero-order valence-electron chi connectivity index (χ0n) is 13.6. The van der Waals surface area contributed by atoms with E-state index < -0.39 is 0 Å². The molecule has 0 bridgehead atoms. The molecule has 0 aliphatic carbocycles. The molecule has 0 atom stereocenters. The van der Waals surface area contributed by atoms with Crippen molar-refractivity contribution >= 4 is 11.4 Å². The minimum atomic E-state index is 0.813. The summed E-state index contributed by atoms with van der Waals surface area (Å²) in [5.41, 5.74) is 4.05. The van der Waals surface area contributed by atoms with Gasteiger partial charge in [0.2, 0.25) is 0 Å². The molecule has 0 spiro atoms. The van der Waals surface area contributed by atoms with Crippen LogP contribution in [-0.4, -0.2) is 25.6 Å². The standard InChI is InChI=1S/C19H22N2O2/c1-22-20-18(16-10-5-3-6-11-16)14-9-15-19(21-23-2)17-12-7-4-8-13-17/h3-8,10-13H,9,14-15H2,1-2H3/b20-18+,21-19+. The zero-order chi connectivity index (χ0) is 16.3. The molecule has 0 amide bonds. The first kappa shape index (κ1) is 16.7. The molecule has 2 aromatic rings. The summed E-state index contributed by atoms with van der Waals surface area (Å²) in [6.45, 7) is 0. The Labute approximate surface area is 137 Å². The van der Waals surface area contributed by atoms with Crippen LogP contribution in [0.5, 0.6) is 0 Å². The van der Waals surface area contributed by atoms with Crippen LogP contribution >= 0.6 is 0 Å². The van der Waals surface area contributed by atoms with Gasteiger partial charge in [-0.1, -0.05) is 71.0 Å². The molecule has 0 heterocycles. The van der Waals surface area contributed by atoms with Crippen molar-refractivity contribution in [3.05, 3.63) is 71.8 Å². The lowest BCUT2D eigenvalue weighted by Crippen LogP contribution is -2.06. The summed E-state index contributed by atoms with van der Waals surface area (Å²) in [5.74, 6) is 0. The van der Waals surface area contributed by atoms with Crippen molar-refractivity contribution in [1.82, 2.24) is 0 Å². The molecule has 23 heavy (non-hydrogen) atoms. The van der Waals surface area contributed by atoms with E-state index in [1.165, 1.54) is 0 Å². The third kappa shape index (κ3) is 5.25. The van der Waals surface area contributed by atoms with E-state index in [2.05, 4.69) is 10.3 Å². The highest BCUT2D eigenvalue weighted by Crippen LogP contribution is 2.12. The second-order valence-corrected chi connectivity index (χ2v) is 5.03. The summed E-state index contributed by atoms with van der Waals surface area (Å²) in [6.07, 6.45) is 2.54. The van der Waals surface area contributed by atoms with Gasteiger partial charge >= 0.3 is 0 Å². The summed E-state index contributed by atoms with van der Waals surface area (Å²) in [5, 5.41) is 8.31. The van der Waals surface area contributed by atoms with Gasteiger partial charge in [-0.25, -0.2) is 0 Å². The molecule has 0 unspecified atom stereocenters. The van der Waals surface area contributed by atoms with Gasteiger partial charge < -0.3 is 9.68 Å². The van der Waals surface area contributed by atoms with Crippen molar-refractivity contribution in [2.45, 2.75) is 19.3 Å². The Balaban J connectivity index is 2.01. The van der Waals surface area contributed by atoms with E-state index in [4.69, 9.17) is 9.68 Å². The first-order valence-electron chi connectivity index (χ1n) is 7.66. The van der Waals surface area contributed by atoms with Crippen LogP contribution < -0.4 is 0 Å². The summed E-state index contributed by atoms with van der Waals surface area (Å²) < 4.78 is 0. The average molecular weight is 310 g/mol. The van der Waals surface area contributed by atoms with Gasteiger partial charge in [0.05, 0.1) is 11.4 Å². The topological polar surface area (TPSA) is 43.2 Å². The fraction of sp³-hybridized carbons (Fsp3) is 0.263. The van der Waals surface area contributed by atoms with E-state index in [-0.39, 0.29) is 0 Å². The van der Waals surface area contributed by atoms with Gasteiger partial charge in [-0.15, -0.1) is 0 Å². The SMILES string of the molecule is CO/N=C(\CCC/C(=N\OC)c1ccccc1)c1ccccc1. The fourth-order valence-electron chi connectivity index (χ4n) is 2.39. The largest absolute Gasteiger partial charge is 0.399 e. The Hall–Kier alpha value is -2.62. The van der Waals surface area contributed by atoms with E-state index in [9.17, 15) is 0 Å². The minimum absolute atomic E-state index is 0.813. The van der Waals surface area contributed by atoms with Crippen molar-refractivity contribution < 1.29 is 9.68 Å². The summed E-state index contributed by atoms with van der Waals surface area (Å²) >= 11 is 0. The molecule has 120 valence electrons. The van der Waals surface area contributed by atoms with Crippen LogP contribution in [0, 0.1) is 0 Å². The predicted molar refractivity (Wildman–Crippen MR) is 93.8 cm³/mol. The second-order valence-electron chi connectivity index (χ2n) is 5.03. The highest BCUT2D eigenvalue weighted by atomic mass is 16.6. The molecular formula is C19H22N2O2. The Morgan fingerprint density at radius 3 is 1.43 bits per heavy atom. The predicted octanol–water partition coefficient (Wildman–Crippen LogP) is 4.26. The Morgan fingerprint density at radius 1 is 0.696 bits per heavy atom. The molecule has 4 heteroatoms. The lowest BCUT2D eigenvalue weighted by Gasteiger charge is -2.08. The quantitative estimate of drug-likeness (QED) is 0.540. The highest BCUT2D eigenvalue weighted by molar-refractivity contribution is 6.02. The molecule has 0 aliphatic rings. The highest BCUT2D eigenvalue weighted by Gasteiger charge is 2.08. The molecule has 0 saturated heterocycles. The van der Waals surface area contributed by atoms with Crippen molar-refractivity contribution in [3.63, 3.8) is 0 Å². The van der Waals surface area contributed by atoms with E-state index in [1.54, 1.807) is 14.2 Å². The maximum atomic E-state index is 4.98.